The van der Waals surface area contributed by atoms with E-state index in [2.05, 4.69) is 20.2 Å². The van der Waals surface area contributed by atoms with Crippen molar-refractivity contribution in [3.05, 3.63) is 66.5 Å². The molecule has 7 heteroatoms. The summed E-state index contributed by atoms with van der Waals surface area (Å²) in [6.07, 6.45) is 3.18. The lowest BCUT2D eigenvalue weighted by Crippen LogP contribution is -2.40. The van der Waals surface area contributed by atoms with Crippen molar-refractivity contribution < 1.29 is 14.3 Å². The molecule has 1 amide bonds. The van der Waals surface area contributed by atoms with Crippen molar-refractivity contribution in [2.45, 2.75) is 19.4 Å². The summed E-state index contributed by atoms with van der Waals surface area (Å²) in [4.78, 5) is 23.8. The highest BCUT2D eigenvalue weighted by molar-refractivity contribution is 5.79. The van der Waals surface area contributed by atoms with Gasteiger partial charge in [0.05, 0.1) is 19.9 Å². The predicted molar refractivity (Wildman–Crippen MR) is 124 cm³/mol. The van der Waals surface area contributed by atoms with Crippen molar-refractivity contribution in [1.82, 2.24) is 15.3 Å². The summed E-state index contributed by atoms with van der Waals surface area (Å²) >= 11 is 0. The maximum Gasteiger partial charge on any atom is 0.223 e. The molecule has 7 nitrogen and oxygen atoms in total. The van der Waals surface area contributed by atoms with Crippen molar-refractivity contribution in [1.29, 1.82) is 0 Å². The summed E-state index contributed by atoms with van der Waals surface area (Å²) < 4.78 is 10.6. The topological polar surface area (TPSA) is 76.6 Å². The molecular formula is C25H28N4O3. The predicted octanol–water partition coefficient (Wildman–Crippen LogP) is 3.69. The number of amides is 1. The number of para-hydroxylation sites is 1. The second-order valence-electron chi connectivity index (χ2n) is 7.78. The van der Waals surface area contributed by atoms with Crippen molar-refractivity contribution in [3.8, 4) is 22.8 Å². The van der Waals surface area contributed by atoms with Crippen LogP contribution in [0.4, 0.5) is 5.82 Å². The van der Waals surface area contributed by atoms with Gasteiger partial charge in [-0.2, -0.15) is 0 Å². The van der Waals surface area contributed by atoms with E-state index in [1.54, 1.807) is 20.5 Å². The van der Waals surface area contributed by atoms with E-state index in [1.165, 1.54) is 0 Å². The number of hydrogen-bond donors (Lipinski definition) is 1. The van der Waals surface area contributed by atoms with Crippen molar-refractivity contribution in [3.63, 3.8) is 0 Å². The summed E-state index contributed by atoms with van der Waals surface area (Å²) in [5, 5.41) is 3.06. The van der Waals surface area contributed by atoms with Gasteiger partial charge in [-0.1, -0.05) is 18.2 Å². The molecule has 32 heavy (non-hydrogen) atoms. The van der Waals surface area contributed by atoms with Crippen molar-refractivity contribution in [2.75, 3.05) is 32.2 Å². The number of methoxy groups -OCH3 is 2. The highest BCUT2D eigenvalue weighted by Gasteiger charge is 2.26. The number of carbonyl (C=O) groups excluding carboxylic acids is 1. The Hall–Kier alpha value is -3.61. The Labute approximate surface area is 188 Å². The minimum Gasteiger partial charge on any atom is -0.497 e. The summed E-state index contributed by atoms with van der Waals surface area (Å²) in [5.41, 5.74) is 2.86. The summed E-state index contributed by atoms with van der Waals surface area (Å²) in [5.74, 6) is 2.59. The lowest BCUT2D eigenvalue weighted by Gasteiger charge is -2.32. The van der Waals surface area contributed by atoms with Gasteiger partial charge in [0.1, 0.15) is 23.6 Å². The van der Waals surface area contributed by atoms with Gasteiger partial charge in [-0.3, -0.25) is 4.79 Å². The molecule has 0 radical (unpaired) electrons. The number of nitrogens with one attached hydrogen (secondary N) is 1. The SMILES string of the molecule is COc1ccc(-c2cc(N3CCC(C(=O)NCc4ccccc4OC)CC3)ncn2)cc1. The Morgan fingerprint density at radius 1 is 1.03 bits per heavy atom. The van der Waals surface area contributed by atoms with Crippen LogP contribution in [-0.2, 0) is 11.3 Å². The van der Waals surface area contributed by atoms with Gasteiger partial charge in [-0.15, -0.1) is 0 Å². The number of hydrogen-bond acceptors (Lipinski definition) is 6. The van der Waals surface area contributed by atoms with Gasteiger partial charge in [0.15, 0.2) is 0 Å². The average molecular weight is 433 g/mol. The summed E-state index contributed by atoms with van der Waals surface area (Å²) in [7, 11) is 3.30. The first kappa shape index (κ1) is 21.6. The van der Waals surface area contributed by atoms with E-state index in [9.17, 15) is 4.79 Å². The molecule has 0 unspecified atom stereocenters. The Balaban J connectivity index is 1.33. The fourth-order valence-electron chi connectivity index (χ4n) is 3.99. The minimum atomic E-state index is 0.00357. The van der Waals surface area contributed by atoms with Crippen LogP contribution in [0.25, 0.3) is 11.3 Å². The van der Waals surface area contributed by atoms with E-state index in [1.807, 2.05) is 54.6 Å². The Bertz CT molecular complexity index is 1050. The fourth-order valence-corrected chi connectivity index (χ4v) is 3.99. The highest BCUT2D eigenvalue weighted by atomic mass is 16.5. The molecule has 0 aliphatic carbocycles. The van der Waals surface area contributed by atoms with Crippen LogP contribution in [0.1, 0.15) is 18.4 Å². The molecule has 4 rings (SSSR count). The van der Waals surface area contributed by atoms with Crippen molar-refractivity contribution in [2.24, 2.45) is 5.92 Å². The lowest BCUT2D eigenvalue weighted by molar-refractivity contribution is -0.125. The molecule has 0 bridgehead atoms. The normalized spacial score (nSPS) is 14.1. The van der Waals surface area contributed by atoms with E-state index >= 15 is 0 Å². The number of benzene rings is 2. The highest BCUT2D eigenvalue weighted by Crippen LogP contribution is 2.26. The lowest BCUT2D eigenvalue weighted by atomic mass is 9.95. The third-order valence-corrected chi connectivity index (χ3v) is 5.87. The zero-order chi connectivity index (χ0) is 22.3. The van der Waals surface area contributed by atoms with Gasteiger partial charge < -0.3 is 19.7 Å². The molecule has 2 aromatic carbocycles. The van der Waals surface area contributed by atoms with E-state index in [-0.39, 0.29) is 11.8 Å². The second-order valence-corrected chi connectivity index (χ2v) is 7.78. The molecule has 2 heterocycles. The number of carbonyl (C=O) groups is 1. The smallest absolute Gasteiger partial charge is 0.223 e. The molecule has 1 aliphatic rings. The number of rotatable bonds is 7. The van der Waals surface area contributed by atoms with Crippen LogP contribution in [0.15, 0.2) is 60.9 Å². The first-order valence-corrected chi connectivity index (χ1v) is 10.8. The first-order valence-electron chi connectivity index (χ1n) is 10.8. The molecule has 1 N–H and O–H groups in total. The summed E-state index contributed by atoms with van der Waals surface area (Å²) in [6, 6.07) is 17.6. The monoisotopic (exact) mass is 432 g/mol. The van der Waals surface area contributed by atoms with Gasteiger partial charge in [-0.05, 0) is 43.2 Å². The van der Waals surface area contributed by atoms with Crippen LogP contribution in [0.3, 0.4) is 0 Å². The minimum absolute atomic E-state index is 0.00357. The maximum absolute atomic E-state index is 12.7. The quantitative estimate of drug-likeness (QED) is 0.614. The largest absolute Gasteiger partial charge is 0.497 e. The maximum atomic E-state index is 12.7. The number of anilines is 1. The standard InChI is InChI=1S/C25H28N4O3/c1-31-21-9-7-18(8-10-21)22-15-24(28-17-27-22)29-13-11-19(12-14-29)25(30)26-16-20-5-3-4-6-23(20)32-2/h3-10,15,17,19H,11-14,16H2,1-2H3,(H,26,30). The summed E-state index contributed by atoms with van der Waals surface area (Å²) in [6.45, 7) is 2.04. The van der Waals surface area contributed by atoms with Crippen molar-refractivity contribution >= 4 is 11.7 Å². The molecule has 1 saturated heterocycles. The van der Waals surface area contributed by atoms with Crippen LogP contribution in [0, 0.1) is 5.92 Å². The van der Waals surface area contributed by atoms with Gasteiger partial charge in [0, 0.05) is 42.7 Å². The molecule has 3 aromatic rings. The second kappa shape index (κ2) is 10.1. The van der Waals surface area contributed by atoms with Gasteiger partial charge in [0.25, 0.3) is 0 Å². The van der Waals surface area contributed by atoms with Crippen LogP contribution in [0.5, 0.6) is 11.5 Å². The van der Waals surface area contributed by atoms with E-state index in [0.29, 0.717) is 6.54 Å². The molecule has 0 spiro atoms. The molecule has 1 aromatic heterocycles. The fraction of sp³-hybridized carbons (Fsp3) is 0.320. The molecule has 1 fully saturated rings. The van der Waals surface area contributed by atoms with Crippen LogP contribution < -0.4 is 19.7 Å². The third-order valence-electron chi connectivity index (χ3n) is 5.87. The number of aromatic nitrogens is 2. The van der Waals surface area contributed by atoms with Crippen LogP contribution in [-0.4, -0.2) is 43.2 Å². The van der Waals surface area contributed by atoms with Gasteiger partial charge >= 0.3 is 0 Å². The van der Waals surface area contributed by atoms with Crippen LogP contribution >= 0.6 is 0 Å². The van der Waals surface area contributed by atoms with E-state index in [0.717, 1.165) is 60.1 Å². The molecular weight excluding hydrogens is 404 g/mol. The zero-order valence-corrected chi connectivity index (χ0v) is 18.5. The Morgan fingerprint density at radius 2 is 1.78 bits per heavy atom. The molecule has 0 saturated carbocycles. The van der Waals surface area contributed by atoms with E-state index < -0.39 is 0 Å². The Morgan fingerprint density at radius 3 is 2.50 bits per heavy atom. The Kier molecular flexibility index (Phi) is 6.84. The third kappa shape index (κ3) is 4.99. The number of ether oxygens (including phenoxy) is 2. The number of nitrogens with zero attached hydrogens (tertiary/aromatic N) is 3. The molecule has 0 atom stereocenters. The average Bonchev–Trinajstić information content (AvgIpc) is 2.87. The zero-order valence-electron chi connectivity index (χ0n) is 18.5. The number of piperidine rings is 1. The van der Waals surface area contributed by atoms with Crippen LogP contribution in [0.2, 0.25) is 0 Å². The van der Waals surface area contributed by atoms with Gasteiger partial charge in [0.2, 0.25) is 5.91 Å². The molecule has 1 aliphatic heterocycles. The molecule has 166 valence electrons. The van der Waals surface area contributed by atoms with E-state index in [4.69, 9.17) is 9.47 Å². The van der Waals surface area contributed by atoms with Gasteiger partial charge in [-0.25, -0.2) is 9.97 Å². The first-order chi connectivity index (χ1) is 15.7.